The highest BCUT2D eigenvalue weighted by Gasteiger charge is 2.17. The van der Waals surface area contributed by atoms with Crippen LogP contribution < -0.4 is 10.1 Å². The highest BCUT2D eigenvalue weighted by Crippen LogP contribution is 2.29. The minimum atomic E-state index is 0.335. The van der Waals surface area contributed by atoms with Crippen molar-refractivity contribution in [3.05, 3.63) is 45.9 Å². The second-order valence-corrected chi connectivity index (χ2v) is 5.68. The van der Waals surface area contributed by atoms with Crippen LogP contribution in [0.25, 0.3) is 0 Å². The average Bonchev–Trinajstić information content (AvgIpc) is 3.08. The summed E-state index contributed by atoms with van der Waals surface area (Å²) in [5, 5.41) is 6.77. The van der Waals surface area contributed by atoms with Crippen molar-refractivity contribution >= 4 is 11.3 Å². The number of nitrogens with zero attached hydrogens (tertiary/aromatic N) is 1. The van der Waals surface area contributed by atoms with E-state index in [1.165, 1.54) is 16.1 Å². The molecular formula is C15H18N2OS. The SMILES string of the molecule is CCNC(Cc1nccs1)c1ccc2c(c1)CCO2. The van der Waals surface area contributed by atoms with E-state index in [1.807, 2.05) is 11.6 Å². The predicted octanol–water partition coefficient (Wildman–Crippen LogP) is 2.97. The lowest BCUT2D eigenvalue weighted by Gasteiger charge is -2.18. The van der Waals surface area contributed by atoms with Gasteiger partial charge in [0, 0.05) is 30.5 Å². The second-order valence-electron chi connectivity index (χ2n) is 4.71. The number of nitrogens with one attached hydrogen (secondary N) is 1. The molecule has 0 radical (unpaired) electrons. The van der Waals surface area contributed by atoms with E-state index in [4.69, 9.17) is 4.74 Å². The van der Waals surface area contributed by atoms with E-state index in [1.54, 1.807) is 11.3 Å². The summed E-state index contributed by atoms with van der Waals surface area (Å²) in [7, 11) is 0. The van der Waals surface area contributed by atoms with Gasteiger partial charge in [0.05, 0.1) is 11.6 Å². The maximum absolute atomic E-state index is 5.57. The van der Waals surface area contributed by atoms with Gasteiger partial charge in [-0.2, -0.15) is 0 Å². The molecule has 0 saturated heterocycles. The highest BCUT2D eigenvalue weighted by atomic mass is 32.1. The Morgan fingerprint density at radius 3 is 3.21 bits per heavy atom. The minimum Gasteiger partial charge on any atom is -0.493 e. The Balaban J connectivity index is 1.83. The molecule has 1 atom stereocenters. The van der Waals surface area contributed by atoms with Gasteiger partial charge in [0.2, 0.25) is 0 Å². The molecule has 0 spiro atoms. The summed E-state index contributed by atoms with van der Waals surface area (Å²) in [5.74, 6) is 1.05. The number of benzene rings is 1. The molecule has 0 fully saturated rings. The lowest BCUT2D eigenvalue weighted by atomic mass is 10.0. The van der Waals surface area contributed by atoms with Crippen molar-refractivity contribution in [1.29, 1.82) is 0 Å². The third-order valence-corrected chi connectivity index (χ3v) is 4.23. The van der Waals surface area contributed by atoms with Crippen LogP contribution in [-0.2, 0) is 12.8 Å². The summed E-state index contributed by atoms with van der Waals surface area (Å²) >= 11 is 1.72. The monoisotopic (exact) mass is 274 g/mol. The van der Waals surface area contributed by atoms with Crippen LogP contribution in [0.3, 0.4) is 0 Å². The summed E-state index contributed by atoms with van der Waals surface area (Å²) in [6.45, 7) is 3.92. The Hall–Kier alpha value is -1.39. The zero-order valence-electron chi connectivity index (χ0n) is 11.1. The number of hydrogen-bond donors (Lipinski definition) is 1. The number of ether oxygens (including phenoxy) is 1. The Labute approximate surface area is 117 Å². The molecule has 1 aliphatic heterocycles. The molecule has 3 rings (SSSR count). The third kappa shape index (κ3) is 2.80. The van der Waals surface area contributed by atoms with E-state index in [0.29, 0.717) is 6.04 Å². The molecule has 2 aromatic rings. The van der Waals surface area contributed by atoms with Gasteiger partial charge >= 0.3 is 0 Å². The van der Waals surface area contributed by atoms with Crippen molar-refractivity contribution < 1.29 is 4.74 Å². The van der Waals surface area contributed by atoms with Crippen LogP contribution in [0.1, 0.15) is 29.1 Å². The first-order valence-corrected chi connectivity index (χ1v) is 7.62. The Bertz CT molecular complexity index is 539. The first-order valence-electron chi connectivity index (χ1n) is 6.74. The number of thiazole rings is 1. The van der Waals surface area contributed by atoms with Crippen molar-refractivity contribution in [3.63, 3.8) is 0 Å². The van der Waals surface area contributed by atoms with Gasteiger partial charge in [0.15, 0.2) is 0 Å². The largest absolute Gasteiger partial charge is 0.493 e. The van der Waals surface area contributed by atoms with E-state index in [9.17, 15) is 0 Å². The van der Waals surface area contributed by atoms with Crippen molar-refractivity contribution in [2.75, 3.05) is 13.2 Å². The van der Waals surface area contributed by atoms with Crippen molar-refractivity contribution in [2.24, 2.45) is 0 Å². The van der Waals surface area contributed by atoms with Crippen LogP contribution in [0.5, 0.6) is 5.75 Å². The molecule has 0 saturated carbocycles. The molecule has 1 aromatic heterocycles. The van der Waals surface area contributed by atoms with Crippen LogP contribution >= 0.6 is 11.3 Å². The molecule has 2 heterocycles. The summed E-state index contributed by atoms with van der Waals surface area (Å²) in [6.07, 6.45) is 3.85. The molecule has 1 unspecified atom stereocenters. The van der Waals surface area contributed by atoms with Crippen LogP contribution in [0, 0.1) is 0 Å². The summed E-state index contributed by atoms with van der Waals surface area (Å²) in [4.78, 5) is 4.39. The number of fused-ring (bicyclic) bond motifs is 1. The fourth-order valence-electron chi connectivity index (χ4n) is 2.51. The molecule has 0 bridgehead atoms. The fourth-order valence-corrected chi connectivity index (χ4v) is 3.17. The van der Waals surface area contributed by atoms with E-state index in [2.05, 4.69) is 35.4 Å². The Kier molecular flexibility index (Phi) is 3.80. The average molecular weight is 274 g/mol. The molecular weight excluding hydrogens is 256 g/mol. The molecule has 0 aliphatic carbocycles. The molecule has 1 N–H and O–H groups in total. The standard InChI is InChI=1S/C15H18N2OS/c1-2-16-13(10-15-17-6-8-19-15)11-3-4-14-12(9-11)5-7-18-14/h3-4,6,8-9,13,16H,2,5,7,10H2,1H3. The zero-order valence-corrected chi connectivity index (χ0v) is 11.9. The molecule has 19 heavy (non-hydrogen) atoms. The lowest BCUT2D eigenvalue weighted by molar-refractivity contribution is 0.356. The number of rotatable bonds is 5. The van der Waals surface area contributed by atoms with Gasteiger partial charge in [-0.05, 0) is 23.7 Å². The first-order chi connectivity index (χ1) is 9.36. The zero-order chi connectivity index (χ0) is 13.1. The summed E-state index contributed by atoms with van der Waals surface area (Å²) in [6, 6.07) is 6.89. The molecule has 4 heteroatoms. The van der Waals surface area contributed by atoms with Gasteiger partial charge in [-0.3, -0.25) is 0 Å². The number of aromatic nitrogens is 1. The van der Waals surface area contributed by atoms with Crippen LogP contribution in [0.4, 0.5) is 0 Å². The van der Waals surface area contributed by atoms with Gasteiger partial charge in [-0.25, -0.2) is 4.98 Å². The minimum absolute atomic E-state index is 0.335. The van der Waals surface area contributed by atoms with Gasteiger partial charge in [-0.15, -0.1) is 11.3 Å². The van der Waals surface area contributed by atoms with E-state index in [0.717, 1.165) is 31.7 Å². The van der Waals surface area contributed by atoms with Gasteiger partial charge in [0.25, 0.3) is 0 Å². The quantitative estimate of drug-likeness (QED) is 0.910. The smallest absolute Gasteiger partial charge is 0.122 e. The van der Waals surface area contributed by atoms with Crippen molar-refractivity contribution in [1.82, 2.24) is 10.3 Å². The fraction of sp³-hybridized carbons (Fsp3) is 0.400. The van der Waals surface area contributed by atoms with Crippen LogP contribution in [-0.4, -0.2) is 18.1 Å². The number of hydrogen-bond acceptors (Lipinski definition) is 4. The Morgan fingerprint density at radius 2 is 2.42 bits per heavy atom. The topological polar surface area (TPSA) is 34.2 Å². The molecule has 1 aromatic carbocycles. The van der Waals surface area contributed by atoms with Crippen LogP contribution in [0.2, 0.25) is 0 Å². The summed E-state index contributed by atoms with van der Waals surface area (Å²) in [5.41, 5.74) is 2.67. The van der Waals surface area contributed by atoms with Crippen molar-refractivity contribution in [3.8, 4) is 5.75 Å². The van der Waals surface area contributed by atoms with E-state index in [-0.39, 0.29) is 0 Å². The molecule has 3 nitrogen and oxygen atoms in total. The van der Waals surface area contributed by atoms with Crippen molar-refractivity contribution in [2.45, 2.75) is 25.8 Å². The summed E-state index contributed by atoms with van der Waals surface area (Å²) < 4.78 is 5.57. The normalized spacial score (nSPS) is 15.0. The maximum Gasteiger partial charge on any atom is 0.122 e. The molecule has 100 valence electrons. The van der Waals surface area contributed by atoms with E-state index < -0.39 is 0 Å². The third-order valence-electron chi connectivity index (χ3n) is 3.43. The number of likely N-dealkylation sites (N-methyl/N-ethyl adjacent to an activating group) is 1. The lowest BCUT2D eigenvalue weighted by Crippen LogP contribution is -2.23. The first kappa shape index (κ1) is 12.6. The van der Waals surface area contributed by atoms with Gasteiger partial charge in [-0.1, -0.05) is 19.1 Å². The second kappa shape index (κ2) is 5.72. The highest BCUT2D eigenvalue weighted by molar-refractivity contribution is 7.09. The molecule has 0 amide bonds. The van der Waals surface area contributed by atoms with Crippen LogP contribution in [0.15, 0.2) is 29.8 Å². The van der Waals surface area contributed by atoms with Gasteiger partial charge < -0.3 is 10.1 Å². The maximum atomic E-state index is 5.57. The van der Waals surface area contributed by atoms with E-state index >= 15 is 0 Å². The predicted molar refractivity (Wildman–Crippen MR) is 77.9 cm³/mol. The van der Waals surface area contributed by atoms with Gasteiger partial charge in [0.1, 0.15) is 5.75 Å². The Morgan fingerprint density at radius 1 is 1.47 bits per heavy atom. The molecule has 1 aliphatic rings.